The molecule has 2 aromatic rings. The lowest BCUT2D eigenvalue weighted by atomic mass is 10.0. The molecule has 9 nitrogen and oxygen atoms in total. The van der Waals surface area contributed by atoms with Crippen molar-refractivity contribution in [1.82, 2.24) is 24.7 Å². The van der Waals surface area contributed by atoms with Crippen LogP contribution in [0.2, 0.25) is 0 Å². The van der Waals surface area contributed by atoms with Gasteiger partial charge in [0.25, 0.3) is 5.91 Å². The Morgan fingerprint density at radius 2 is 2.12 bits per heavy atom. The molecule has 0 aliphatic carbocycles. The summed E-state index contributed by atoms with van der Waals surface area (Å²) in [6.45, 7) is 3.31. The van der Waals surface area contributed by atoms with Crippen LogP contribution in [-0.2, 0) is 11.8 Å². The summed E-state index contributed by atoms with van der Waals surface area (Å²) in [5.74, 6) is 0.286. The third-order valence-electron chi connectivity index (χ3n) is 4.97. The topological polar surface area (TPSA) is 93.7 Å². The number of nitrogens with zero attached hydrogens (tertiary/aromatic N) is 5. The first-order valence-electron chi connectivity index (χ1n) is 8.08. The summed E-state index contributed by atoms with van der Waals surface area (Å²) < 4.78 is 12.5. The first kappa shape index (κ1) is 15.7. The van der Waals surface area contributed by atoms with Crippen LogP contribution in [0.1, 0.15) is 22.6 Å². The summed E-state index contributed by atoms with van der Waals surface area (Å²) in [5, 5.41) is 8.08. The van der Waals surface area contributed by atoms with Gasteiger partial charge in [0.1, 0.15) is 0 Å². The summed E-state index contributed by atoms with van der Waals surface area (Å²) in [6, 6.07) is 1.63. The van der Waals surface area contributed by atoms with Gasteiger partial charge < -0.3 is 19.1 Å². The molecule has 4 rings (SSSR count). The van der Waals surface area contributed by atoms with Crippen molar-refractivity contribution in [2.45, 2.75) is 18.9 Å². The first-order valence-corrected chi connectivity index (χ1v) is 8.08. The molecular weight excluding hydrogens is 326 g/mol. The van der Waals surface area contributed by atoms with Gasteiger partial charge in [-0.2, -0.15) is 5.10 Å². The summed E-state index contributed by atoms with van der Waals surface area (Å²) >= 11 is 0. The lowest BCUT2D eigenvalue weighted by Crippen LogP contribution is -2.39. The van der Waals surface area contributed by atoms with Crippen molar-refractivity contribution < 1.29 is 18.8 Å². The zero-order valence-electron chi connectivity index (χ0n) is 14.4. The maximum absolute atomic E-state index is 12.7. The number of likely N-dealkylation sites (tertiary alicyclic amines) is 1. The van der Waals surface area contributed by atoms with Gasteiger partial charge in [-0.3, -0.25) is 9.48 Å². The second-order valence-corrected chi connectivity index (χ2v) is 6.73. The van der Waals surface area contributed by atoms with E-state index >= 15 is 0 Å². The monoisotopic (exact) mass is 345 g/mol. The molecule has 1 atom stereocenters. The van der Waals surface area contributed by atoms with Crippen LogP contribution in [-0.4, -0.2) is 69.0 Å². The third kappa shape index (κ3) is 2.46. The SMILES string of the molecule is Cc1c(-c2cc(C(=O)N3CC[C@]4(CN(C)C(=O)O4)C3)no2)cnn1C. The van der Waals surface area contributed by atoms with Gasteiger partial charge in [0.2, 0.25) is 0 Å². The van der Waals surface area contributed by atoms with Gasteiger partial charge in [-0.05, 0) is 6.92 Å². The van der Waals surface area contributed by atoms with Crippen molar-refractivity contribution in [2.75, 3.05) is 26.7 Å². The third-order valence-corrected chi connectivity index (χ3v) is 4.97. The van der Waals surface area contributed by atoms with Crippen LogP contribution in [0.4, 0.5) is 4.79 Å². The van der Waals surface area contributed by atoms with Crippen molar-refractivity contribution in [3.8, 4) is 11.3 Å². The average Bonchev–Trinajstić information content (AvgIpc) is 3.32. The Labute approximate surface area is 144 Å². The Morgan fingerprint density at radius 1 is 1.32 bits per heavy atom. The van der Waals surface area contributed by atoms with E-state index in [0.29, 0.717) is 31.8 Å². The van der Waals surface area contributed by atoms with E-state index in [4.69, 9.17) is 9.26 Å². The molecule has 2 aromatic heterocycles. The number of rotatable bonds is 2. The number of likely N-dealkylation sites (N-methyl/N-ethyl adjacent to an activating group) is 1. The minimum atomic E-state index is -0.603. The standard InChI is InChI=1S/C16H19N5O4/c1-10-11(7-17-20(10)3)13-6-12(18-25-13)14(22)21-5-4-16(9-21)8-19(2)15(23)24-16/h6-7H,4-5,8-9H2,1-3H3/t16-/m0/s1. The number of amides is 2. The van der Waals surface area contributed by atoms with Gasteiger partial charge in [0.15, 0.2) is 17.1 Å². The molecule has 25 heavy (non-hydrogen) atoms. The van der Waals surface area contributed by atoms with Crippen molar-refractivity contribution in [1.29, 1.82) is 0 Å². The van der Waals surface area contributed by atoms with Gasteiger partial charge >= 0.3 is 6.09 Å². The number of ether oxygens (including phenoxy) is 1. The predicted octanol–water partition coefficient (Wildman–Crippen LogP) is 1.05. The summed E-state index contributed by atoms with van der Waals surface area (Å²) in [7, 11) is 3.53. The second-order valence-electron chi connectivity index (χ2n) is 6.73. The highest BCUT2D eigenvalue weighted by Crippen LogP contribution is 2.32. The fourth-order valence-corrected chi connectivity index (χ4v) is 3.43. The molecule has 1 spiro atoms. The molecule has 0 bridgehead atoms. The van der Waals surface area contributed by atoms with Crippen molar-refractivity contribution in [2.24, 2.45) is 7.05 Å². The Kier molecular flexibility index (Phi) is 3.34. The van der Waals surface area contributed by atoms with Gasteiger partial charge in [-0.1, -0.05) is 5.16 Å². The Hall–Kier alpha value is -2.84. The molecule has 2 saturated heterocycles. The number of carbonyl (C=O) groups excluding carboxylic acids is 2. The lowest BCUT2D eigenvalue weighted by Gasteiger charge is -2.21. The summed E-state index contributed by atoms with van der Waals surface area (Å²) in [4.78, 5) is 27.5. The zero-order chi connectivity index (χ0) is 17.8. The maximum atomic E-state index is 12.7. The second kappa shape index (κ2) is 5.33. The Morgan fingerprint density at radius 3 is 2.76 bits per heavy atom. The fraction of sp³-hybridized carbons (Fsp3) is 0.500. The molecule has 132 valence electrons. The number of hydrogen-bond acceptors (Lipinski definition) is 6. The molecule has 0 unspecified atom stereocenters. The van der Waals surface area contributed by atoms with Crippen LogP contribution < -0.4 is 0 Å². The molecule has 2 fully saturated rings. The minimum absolute atomic E-state index is 0.223. The van der Waals surface area contributed by atoms with E-state index in [0.717, 1.165) is 11.3 Å². The van der Waals surface area contributed by atoms with Crippen LogP contribution in [0.15, 0.2) is 16.8 Å². The molecule has 0 N–H and O–H groups in total. The van der Waals surface area contributed by atoms with E-state index in [-0.39, 0.29) is 17.7 Å². The molecule has 0 saturated carbocycles. The fourth-order valence-electron chi connectivity index (χ4n) is 3.43. The quantitative estimate of drug-likeness (QED) is 0.808. The molecule has 2 amide bonds. The largest absolute Gasteiger partial charge is 0.439 e. The highest BCUT2D eigenvalue weighted by atomic mass is 16.6. The lowest BCUT2D eigenvalue weighted by molar-refractivity contribution is 0.0548. The minimum Gasteiger partial charge on any atom is -0.439 e. The molecule has 9 heteroatoms. The highest BCUT2D eigenvalue weighted by Gasteiger charge is 2.49. The van der Waals surface area contributed by atoms with E-state index in [9.17, 15) is 9.59 Å². The van der Waals surface area contributed by atoms with Crippen LogP contribution in [0.5, 0.6) is 0 Å². The number of aromatic nitrogens is 3. The van der Waals surface area contributed by atoms with E-state index in [2.05, 4.69) is 10.3 Å². The number of aryl methyl sites for hydroxylation is 1. The Balaban J connectivity index is 1.51. The van der Waals surface area contributed by atoms with E-state index < -0.39 is 5.60 Å². The molecule has 0 aromatic carbocycles. The molecular formula is C16H19N5O4. The molecule has 4 heterocycles. The number of hydrogen-bond donors (Lipinski definition) is 0. The average molecular weight is 345 g/mol. The van der Waals surface area contributed by atoms with Crippen molar-refractivity contribution in [3.63, 3.8) is 0 Å². The molecule has 0 radical (unpaired) electrons. The van der Waals surface area contributed by atoms with Crippen molar-refractivity contribution in [3.05, 3.63) is 23.7 Å². The van der Waals surface area contributed by atoms with Crippen LogP contribution >= 0.6 is 0 Å². The van der Waals surface area contributed by atoms with E-state index in [1.165, 1.54) is 4.90 Å². The van der Waals surface area contributed by atoms with Gasteiger partial charge in [-0.15, -0.1) is 0 Å². The first-order chi connectivity index (χ1) is 11.9. The van der Waals surface area contributed by atoms with Gasteiger partial charge in [0.05, 0.1) is 24.8 Å². The molecule has 2 aliphatic rings. The highest BCUT2D eigenvalue weighted by molar-refractivity contribution is 5.93. The summed E-state index contributed by atoms with van der Waals surface area (Å²) in [5.41, 5.74) is 1.37. The number of carbonyl (C=O) groups is 2. The maximum Gasteiger partial charge on any atom is 0.410 e. The smallest absolute Gasteiger partial charge is 0.410 e. The van der Waals surface area contributed by atoms with Gasteiger partial charge in [0, 0.05) is 38.8 Å². The normalized spacial score (nSPS) is 22.9. The van der Waals surface area contributed by atoms with Crippen LogP contribution in [0.3, 0.4) is 0 Å². The molecule has 2 aliphatic heterocycles. The predicted molar refractivity (Wildman–Crippen MR) is 85.8 cm³/mol. The zero-order valence-corrected chi connectivity index (χ0v) is 14.4. The van der Waals surface area contributed by atoms with Gasteiger partial charge in [-0.25, -0.2) is 4.79 Å². The van der Waals surface area contributed by atoms with Crippen molar-refractivity contribution >= 4 is 12.0 Å². The summed E-state index contributed by atoms with van der Waals surface area (Å²) in [6.07, 6.45) is 1.97. The van der Waals surface area contributed by atoms with E-state index in [1.54, 1.807) is 28.9 Å². The van der Waals surface area contributed by atoms with Crippen LogP contribution in [0, 0.1) is 6.92 Å². The van der Waals surface area contributed by atoms with Crippen LogP contribution in [0.25, 0.3) is 11.3 Å². The van der Waals surface area contributed by atoms with E-state index in [1.807, 2.05) is 14.0 Å². The Bertz CT molecular complexity index is 857.